The fourth-order valence-electron chi connectivity index (χ4n) is 2.16. The second-order valence-electron chi connectivity index (χ2n) is 5.14. The summed E-state index contributed by atoms with van der Waals surface area (Å²) < 4.78 is 2.00. The molecule has 0 spiro atoms. The quantitative estimate of drug-likeness (QED) is 0.591. The number of nitrogens with two attached hydrogens (primary N) is 1. The third kappa shape index (κ3) is 3.13. The van der Waals surface area contributed by atoms with Crippen LogP contribution in [-0.4, -0.2) is 16.3 Å². The molecule has 0 fully saturated rings. The molecular weight excluding hydrogens is 264 g/mol. The molecule has 0 bridgehead atoms. The Morgan fingerprint density at radius 2 is 1.90 bits per heavy atom. The van der Waals surface area contributed by atoms with Crippen molar-refractivity contribution in [1.82, 2.24) is 9.88 Å². The minimum atomic E-state index is -0.0770. The Hall–Kier alpha value is -2.56. The lowest BCUT2D eigenvalue weighted by molar-refractivity contribution is 0.0950. The predicted octanol–water partition coefficient (Wildman–Crippen LogP) is 1.86. The van der Waals surface area contributed by atoms with Crippen LogP contribution in [0.2, 0.25) is 0 Å². The monoisotopic (exact) mass is 284 g/mol. The van der Waals surface area contributed by atoms with Gasteiger partial charge < -0.3 is 15.6 Å². The van der Waals surface area contributed by atoms with E-state index >= 15 is 0 Å². The van der Waals surface area contributed by atoms with Crippen LogP contribution in [0.25, 0.3) is 0 Å². The number of carbonyl (C=O) groups excluding carboxylic acids is 1. The smallest absolute Gasteiger partial charge is 0.253 e. The summed E-state index contributed by atoms with van der Waals surface area (Å²) in [4.78, 5) is 12.2. The maximum atomic E-state index is 12.2. The van der Waals surface area contributed by atoms with Crippen LogP contribution in [0.3, 0.4) is 0 Å². The second kappa shape index (κ2) is 5.83. The van der Waals surface area contributed by atoms with Gasteiger partial charge in [-0.25, -0.2) is 0 Å². The minimum absolute atomic E-state index is 0.0426. The maximum absolute atomic E-state index is 12.2. The van der Waals surface area contributed by atoms with Crippen LogP contribution in [0.5, 0.6) is 0 Å². The van der Waals surface area contributed by atoms with Gasteiger partial charge in [-0.3, -0.25) is 10.2 Å². The summed E-state index contributed by atoms with van der Waals surface area (Å²) in [5.41, 5.74) is 9.78. The highest BCUT2D eigenvalue weighted by Gasteiger charge is 2.13. The summed E-state index contributed by atoms with van der Waals surface area (Å²) >= 11 is 0. The van der Waals surface area contributed by atoms with Gasteiger partial charge in [0, 0.05) is 30.5 Å². The standard InChI is InChI=1S/C16H20N4O/c1-10-8-14(11(2)20(10)3)16(21)19-9-12-4-6-13(7-5-12)15(17)18/h4-8H,9H2,1-3H3,(H3,17,18)(H,19,21). The molecule has 0 aliphatic heterocycles. The van der Waals surface area contributed by atoms with Gasteiger partial charge in [-0.2, -0.15) is 0 Å². The van der Waals surface area contributed by atoms with Crippen molar-refractivity contribution < 1.29 is 4.79 Å². The molecule has 0 saturated heterocycles. The van der Waals surface area contributed by atoms with Crippen molar-refractivity contribution in [2.45, 2.75) is 20.4 Å². The number of nitrogens with zero attached hydrogens (tertiary/aromatic N) is 1. The van der Waals surface area contributed by atoms with Crippen LogP contribution in [0, 0.1) is 19.3 Å². The van der Waals surface area contributed by atoms with Crippen molar-refractivity contribution in [2.75, 3.05) is 0 Å². The molecule has 0 aliphatic carbocycles. The largest absolute Gasteiger partial charge is 0.384 e. The van der Waals surface area contributed by atoms with Gasteiger partial charge in [0.2, 0.25) is 0 Å². The summed E-state index contributed by atoms with van der Waals surface area (Å²) in [5, 5.41) is 10.2. The van der Waals surface area contributed by atoms with E-state index in [1.165, 1.54) is 0 Å². The molecule has 21 heavy (non-hydrogen) atoms. The van der Waals surface area contributed by atoms with Crippen LogP contribution in [-0.2, 0) is 13.6 Å². The van der Waals surface area contributed by atoms with E-state index in [1.807, 2.05) is 43.7 Å². The fraction of sp³-hybridized carbons (Fsp3) is 0.250. The van der Waals surface area contributed by atoms with E-state index in [-0.39, 0.29) is 11.7 Å². The third-order valence-corrected chi connectivity index (χ3v) is 3.74. The molecule has 1 aromatic heterocycles. The number of nitrogens with one attached hydrogen (secondary N) is 2. The predicted molar refractivity (Wildman–Crippen MR) is 83.5 cm³/mol. The van der Waals surface area contributed by atoms with Gasteiger partial charge in [-0.1, -0.05) is 24.3 Å². The van der Waals surface area contributed by atoms with E-state index in [0.29, 0.717) is 17.7 Å². The first-order valence-electron chi connectivity index (χ1n) is 6.74. The van der Waals surface area contributed by atoms with Crippen molar-refractivity contribution >= 4 is 11.7 Å². The molecule has 110 valence electrons. The molecule has 0 saturated carbocycles. The van der Waals surface area contributed by atoms with E-state index in [4.69, 9.17) is 11.1 Å². The van der Waals surface area contributed by atoms with Crippen molar-refractivity contribution in [2.24, 2.45) is 12.8 Å². The van der Waals surface area contributed by atoms with Gasteiger partial charge in [0.05, 0.1) is 5.56 Å². The zero-order valence-electron chi connectivity index (χ0n) is 12.5. The van der Waals surface area contributed by atoms with Gasteiger partial charge in [0.25, 0.3) is 5.91 Å². The third-order valence-electron chi connectivity index (χ3n) is 3.74. The summed E-state index contributed by atoms with van der Waals surface area (Å²) in [6.45, 7) is 4.36. The van der Waals surface area contributed by atoms with E-state index in [0.717, 1.165) is 17.0 Å². The number of benzene rings is 1. The zero-order valence-corrected chi connectivity index (χ0v) is 12.5. The molecule has 5 heteroatoms. The number of hydrogen-bond donors (Lipinski definition) is 3. The average Bonchev–Trinajstić information content (AvgIpc) is 2.73. The van der Waals surface area contributed by atoms with Crippen LogP contribution >= 0.6 is 0 Å². The number of hydrogen-bond acceptors (Lipinski definition) is 2. The van der Waals surface area contributed by atoms with E-state index in [9.17, 15) is 4.79 Å². The lowest BCUT2D eigenvalue weighted by Gasteiger charge is -2.06. The number of nitrogen functional groups attached to an aromatic ring is 1. The van der Waals surface area contributed by atoms with Crippen LogP contribution < -0.4 is 11.1 Å². The summed E-state index contributed by atoms with van der Waals surface area (Å²) in [7, 11) is 1.95. The lowest BCUT2D eigenvalue weighted by Crippen LogP contribution is -2.23. The number of amides is 1. The highest BCUT2D eigenvalue weighted by Crippen LogP contribution is 2.13. The molecule has 2 aromatic rings. The van der Waals surface area contributed by atoms with Gasteiger partial charge >= 0.3 is 0 Å². The Kier molecular flexibility index (Phi) is 4.12. The molecule has 5 nitrogen and oxygen atoms in total. The molecular formula is C16H20N4O. The normalized spacial score (nSPS) is 10.4. The summed E-state index contributed by atoms with van der Waals surface area (Å²) in [5.74, 6) is -0.0344. The average molecular weight is 284 g/mol. The van der Waals surface area contributed by atoms with Gasteiger partial charge in [-0.05, 0) is 25.5 Å². The maximum Gasteiger partial charge on any atom is 0.253 e. The minimum Gasteiger partial charge on any atom is -0.384 e. The topological polar surface area (TPSA) is 83.9 Å². The number of carbonyl (C=O) groups is 1. The molecule has 0 radical (unpaired) electrons. The van der Waals surface area contributed by atoms with E-state index in [1.54, 1.807) is 12.1 Å². The molecule has 1 heterocycles. The number of aryl methyl sites for hydroxylation is 1. The van der Waals surface area contributed by atoms with Crippen molar-refractivity contribution in [3.8, 4) is 0 Å². The highest BCUT2D eigenvalue weighted by molar-refractivity contribution is 5.96. The molecule has 0 aliphatic rings. The van der Waals surface area contributed by atoms with Crippen LogP contribution in [0.15, 0.2) is 30.3 Å². The Morgan fingerprint density at radius 3 is 2.38 bits per heavy atom. The number of aromatic nitrogens is 1. The molecule has 2 rings (SSSR count). The molecule has 1 amide bonds. The van der Waals surface area contributed by atoms with Gasteiger partial charge in [0.1, 0.15) is 5.84 Å². The first-order chi connectivity index (χ1) is 9.90. The number of rotatable bonds is 4. The molecule has 4 N–H and O–H groups in total. The lowest BCUT2D eigenvalue weighted by atomic mass is 10.1. The first kappa shape index (κ1) is 14.8. The Bertz CT molecular complexity index is 683. The second-order valence-corrected chi connectivity index (χ2v) is 5.14. The van der Waals surface area contributed by atoms with Crippen molar-refractivity contribution in [3.63, 3.8) is 0 Å². The highest BCUT2D eigenvalue weighted by atomic mass is 16.1. The van der Waals surface area contributed by atoms with E-state index in [2.05, 4.69) is 5.32 Å². The molecule has 0 unspecified atom stereocenters. The Balaban J connectivity index is 2.04. The van der Waals surface area contributed by atoms with E-state index < -0.39 is 0 Å². The Morgan fingerprint density at radius 1 is 1.29 bits per heavy atom. The van der Waals surface area contributed by atoms with Crippen LogP contribution in [0.1, 0.15) is 32.9 Å². The van der Waals surface area contributed by atoms with Gasteiger partial charge in [0.15, 0.2) is 0 Å². The fourth-order valence-corrected chi connectivity index (χ4v) is 2.16. The van der Waals surface area contributed by atoms with Gasteiger partial charge in [-0.15, -0.1) is 0 Å². The van der Waals surface area contributed by atoms with Crippen molar-refractivity contribution in [3.05, 3.63) is 58.4 Å². The van der Waals surface area contributed by atoms with Crippen LogP contribution in [0.4, 0.5) is 0 Å². The summed E-state index contributed by atoms with van der Waals surface area (Å²) in [6, 6.07) is 9.17. The first-order valence-corrected chi connectivity index (χ1v) is 6.74. The molecule has 1 aromatic carbocycles. The summed E-state index contributed by atoms with van der Waals surface area (Å²) in [6.07, 6.45) is 0. The number of amidine groups is 1. The zero-order chi connectivity index (χ0) is 15.6. The van der Waals surface area contributed by atoms with Crippen molar-refractivity contribution in [1.29, 1.82) is 5.41 Å². The Labute approximate surface area is 124 Å². The SMILES string of the molecule is Cc1cc(C(=O)NCc2ccc(C(=N)N)cc2)c(C)n1C. The molecule has 0 atom stereocenters.